The van der Waals surface area contributed by atoms with Crippen LogP contribution in [0.4, 0.5) is 0 Å². The van der Waals surface area contributed by atoms with E-state index in [2.05, 4.69) is 61.6 Å². The fourth-order valence-electron chi connectivity index (χ4n) is 3.01. The highest BCUT2D eigenvalue weighted by atomic mass is 32.2. The highest BCUT2D eigenvalue weighted by Gasteiger charge is 2.22. The number of para-hydroxylation sites is 2. The van der Waals surface area contributed by atoms with E-state index in [0.29, 0.717) is 6.54 Å². The van der Waals surface area contributed by atoms with Gasteiger partial charge < -0.3 is 4.57 Å². The van der Waals surface area contributed by atoms with Crippen LogP contribution in [0.2, 0.25) is 0 Å². The molecule has 2 aromatic heterocycles. The van der Waals surface area contributed by atoms with Crippen molar-refractivity contribution >= 4 is 22.8 Å². The minimum atomic E-state index is 0.618. The van der Waals surface area contributed by atoms with Crippen LogP contribution in [-0.4, -0.2) is 24.4 Å². The lowest BCUT2D eigenvalue weighted by molar-refractivity contribution is 0.707. The number of hydrogen-bond donors (Lipinski definition) is 1. The monoisotopic (exact) mass is 360 g/mol. The first kappa shape index (κ1) is 15.2. The lowest BCUT2D eigenvalue weighted by Gasteiger charge is -2.06. The van der Waals surface area contributed by atoms with E-state index in [9.17, 15) is 0 Å². The topological polar surface area (TPSA) is 60.6 Å². The van der Waals surface area contributed by atoms with E-state index in [1.165, 1.54) is 5.56 Å². The van der Waals surface area contributed by atoms with Crippen molar-refractivity contribution in [3.8, 4) is 0 Å². The molecule has 2 aromatic carbocycles. The maximum Gasteiger partial charge on any atom is 0.216 e. The van der Waals surface area contributed by atoms with Crippen LogP contribution in [0.5, 0.6) is 0 Å². The SMILES string of the molecule is C(/Cc1ccccc1)=C1\Nn2c(Cn3cnc4ccccc43)nnc2S1. The summed E-state index contributed by atoms with van der Waals surface area (Å²) >= 11 is 1.61. The highest BCUT2D eigenvalue weighted by molar-refractivity contribution is 8.03. The predicted molar refractivity (Wildman–Crippen MR) is 102 cm³/mol. The minimum Gasteiger partial charge on any atom is -0.323 e. The number of rotatable bonds is 4. The fraction of sp³-hybridized carbons (Fsp3) is 0.105. The summed E-state index contributed by atoms with van der Waals surface area (Å²) < 4.78 is 4.04. The van der Waals surface area contributed by atoms with Crippen LogP contribution in [0.15, 0.2) is 77.2 Å². The molecule has 4 aromatic rings. The van der Waals surface area contributed by atoms with Crippen molar-refractivity contribution in [1.82, 2.24) is 24.4 Å². The standard InChI is InChI=1S/C19H16N6S/c1-2-6-14(7-3-1)10-11-18-23-25-17(21-22-19(25)26-18)12-24-13-20-15-8-4-5-9-16(15)24/h1-9,11,13,23H,10,12H2/b18-11-. The fourth-order valence-corrected chi connectivity index (χ4v) is 3.84. The molecule has 1 aliphatic heterocycles. The third-order valence-electron chi connectivity index (χ3n) is 4.33. The van der Waals surface area contributed by atoms with Gasteiger partial charge in [-0.3, -0.25) is 5.43 Å². The summed E-state index contributed by atoms with van der Waals surface area (Å²) in [6, 6.07) is 18.5. The zero-order valence-corrected chi connectivity index (χ0v) is 14.7. The molecular weight excluding hydrogens is 344 g/mol. The summed E-state index contributed by atoms with van der Waals surface area (Å²) in [5.41, 5.74) is 6.76. The molecule has 7 heteroatoms. The molecular formula is C19H16N6S. The summed E-state index contributed by atoms with van der Waals surface area (Å²) in [6.07, 6.45) is 4.92. The Morgan fingerprint density at radius 3 is 2.77 bits per heavy atom. The van der Waals surface area contributed by atoms with Gasteiger partial charge in [-0.2, -0.15) is 0 Å². The highest BCUT2D eigenvalue weighted by Crippen LogP contribution is 2.31. The van der Waals surface area contributed by atoms with Crippen LogP contribution in [0.1, 0.15) is 11.4 Å². The maximum absolute atomic E-state index is 4.44. The van der Waals surface area contributed by atoms with Gasteiger partial charge in [0.2, 0.25) is 5.16 Å². The van der Waals surface area contributed by atoms with E-state index in [-0.39, 0.29) is 0 Å². The van der Waals surface area contributed by atoms with Crippen molar-refractivity contribution in [2.75, 3.05) is 5.43 Å². The minimum absolute atomic E-state index is 0.618. The summed E-state index contributed by atoms with van der Waals surface area (Å²) in [5, 5.41) is 10.6. The molecule has 0 bridgehead atoms. The molecule has 0 atom stereocenters. The van der Waals surface area contributed by atoms with E-state index in [1.54, 1.807) is 11.8 Å². The van der Waals surface area contributed by atoms with Gasteiger partial charge >= 0.3 is 0 Å². The van der Waals surface area contributed by atoms with Gasteiger partial charge in [0, 0.05) is 0 Å². The number of allylic oxidation sites excluding steroid dienone is 1. The van der Waals surface area contributed by atoms with E-state index in [0.717, 1.165) is 33.5 Å². The van der Waals surface area contributed by atoms with Crippen LogP contribution in [0.25, 0.3) is 11.0 Å². The first-order valence-electron chi connectivity index (χ1n) is 8.40. The van der Waals surface area contributed by atoms with Gasteiger partial charge in [-0.15, -0.1) is 10.2 Å². The Morgan fingerprint density at radius 1 is 1.00 bits per heavy atom. The second kappa shape index (κ2) is 6.34. The average molecular weight is 360 g/mol. The van der Waals surface area contributed by atoms with Crippen LogP contribution < -0.4 is 5.43 Å². The summed E-state index contributed by atoms with van der Waals surface area (Å²) in [6.45, 7) is 0.618. The second-order valence-corrected chi connectivity index (χ2v) is 7.08. The molecule has 5 rings (SSSR count). The van der Waals surface area contributed by atoms with E-state index < -0.39 is 0 Å². The van der Waals surface area contributed by atoms with Crippen molar-refractivity contribution in [1.29, 1.82) is 0 Å². The molecule has 1 N–H and O–H groups in total. The Balaban J connectivity index is 1.36. The van der Waals surface area contributed by atoms with Gasteiger partial charge in [0.05, 0.1) is 28.9 Å². The molecule has 1 aliphatic rings. The quantitative estimate of drug-likeness (QED) is 0.604. The first-order chi connectivity index (χ1) is 12.9. The number of nitrogens with one attached hydrogen (secondary N) is 1. The third-order valence-corrected chi connectivity index (χ3v) is 5.25. The van der Waals surface area contributed by atoms with E-state index in [4.69, 9.17) is 0 Å². The lowest BCUT2D eigenvalue weighted by atomic mass is 10.1. The Hall–Kier alpha value is -3.06. The van der Waals surface area contributed by atoms with E-state index in [1.807, 2.05) is 35.3 Å². The Kier molecular flexibility index (Phi) is 3.71. The van der Waals surface area contributed by atoms with Gasteiger partial charge in [0.1, 0.15) is 0 Å². The van der Waals surface area contributed by atoms with Crippen molar-refractivity contribution in [3.63, 3.8) is 0 Å². The molecule has 0 spiro atoms. The van der Waals surface area contributed by atoms with Crippen molar-refractivity contribution in [2.24, 2.45) is 0 Å². The average Bonchev–Trinajstić information content (AvgIpc) is 3.37. The number of thioether (sulfide) groups is 1. The second-order valence-electron chi connectivity index (χ2n) is 6.07. The number of aromatic nitrogens is 5. The normalized spacial score (nSPS) is 14.7. The molecule has 0 saturated carbocycles. The Labute approximate surface area is 154 Å². The van der Waals surface area contributed by atoms with Crippen LogP contribution >= 0.6 is 11.8 Å². The largest absolute Gasteiger partial charge is 0.323 e. The lowest BCUT2D eigenvalue weighted by Crippen LogP contribution is -2.14. The molecule has 6 nitrogen and oxygen atoms in total. The molecule has 128 valence electrons. The summed E-state index contributed by atoms with van der Waals surface area (Å²) in [5.74, 6) is 0.860. The van der Waals surface area contributed by atoms with Crippen molar-refractivity contribution in [2.45, 2.75) is 18.1 Å². The van der Waals surface area contributed by atoms with Crippen molar-refractivity contribution in [3.05, 3.63) is 83.4 Å². The molecule has 0 amide bonds. The van der Waals surface area contributed by atoms with Crippen LogP contribution in [0.3, 0.4) is 0 Å². The summed E-state index contributed by atoms with van der Waals surface area (Å²) in [7, 11) is 0. The van der Waals surface area contributed by atoms with Gasteiger partial charge in [-0.1, -0.05) is 42.5 Å². The molecule has 0 saturated heterocycles. The van der Waals surface area contributed by atoms with Gasteiger partial charge in [0.25, 0.3) is 0 Å². The van der Waals surface area contributed by atoms with Gasteiger partial charge in [-0.05, 0) is 42.0 Å². The van der Waals surface area contributed by atoms with Crippen LogP contribution in [-0.2, 0) is 13.0 Å². The molecule has 26 heavy (non-hydrogen) atoms. The van der Waals surface area contributed by atoms with Crippen molar-refractivity contribution < 1.29 is 0 Å². The third kappa shape index (κ3) is 2.76. The zero-order valence-electron chi connectivity index (χ0n) is 13.9. The molecule has 0 unspecified atom stereocenters. The predicted octanol–water partition coefficient (Wildman–Crippen LogP) is 3.41. The van der Waals surface area contributed by atoms with E-state index >= 15 is 0 Å². The van der Waals surface area contributed by atoms with Gasteiger partial charge in [-0.25, -0.2) is 9.66 Å². The number of fused-ring (bicyclic) bond motifs is 2. The molecule has 3 heterocycles. The molecule has 0 aliphatic carbocycles. The number of nitrogens with zero attached hydrogens (tertiary/aromatic N) is 5. The van der Waals surface area contributed by atoms with Crippen LogP contribution in [0, 0.1) is 0 Å². The van der Waals surface area contributed by atoms with Gasteiger partial charge in [0.15, 0.2) is 5.82 Å². The number of benzene rings is 2. The number of imidazole rings is 1. The Bertz CT molecular complexity index is 1100. The number of hydrogen-bond acceptors (Lipinski definition) is 5. The first-order valence-corrected chi connectivity index (χ1v) is 9.21. The zero-order chi connectivity index (χ0) is 17.3. The smallest absolute Gasteiger partial charge is 0.216 e. The molecule has 0 fully saturated rings. The maximum atomic E-state index is 4.44. The summed E-state index contributed by atoms with van der Waals surface area (Å²) in [4.78, 5) is 4.44. The molecule has 0 radical (unpaired) electrons. The Morgan fingerprint density at radius 2 is 1.85 bits per heavy atom.